The van der Waals surface area contributed by atoms with E-state index in [2.05, 4.69) is 6.58 Å². The first-order valence-electron chi connectivity index (χ1n) is 5.91. The van der Waals surface area contributed by atoms with Crippen molar-refractivity contribution < 1.29 is 9.84 Å². The molecule has 0 saturated carbocycles. The highest BCUT2D eigenvalue weighted by molar-refractivity contribution is 6.30. The van der Waals surface area contributed by atoms with E-state index in [-0.39, 0.29) is 6.61 Å². The lowest BCUT2D eigenvalue weighted by Gasteiger charge is -2.10. The summed E-state index contributed by atoms with van der Waals surface area (Å²) in [6.07, 6.45) is 6.29. The molecular formula is C14H19ClO2. The number of rotatable bonds is 8. The van der Waals surface area contributed by atoms with Crippen LogP contribution in [-0.4, -0.2) is 11.7 Å². The van der Waals surface area contributed by atoms with E-state index in [0.717, 1.165) is 37.0 Å². The summed E-state index contributed by atoms with van der Waals surface area (Å²) in [4.78, 5) is 0. The number of unbranched alkanes of at least 4 members (excludes halogenated alkanes) is 3. The van der Waals surface area contributed by atoms with Crippen LogP contribution in [0.3, 0.4) is 0 Å². The van der Waals surface area contributed by atoms with Gasteiger partial charge in [0.2, 0.25) is 0 Å². The van der Waals surface area contributed by atoms with Crippen LogP contribution in [0, 0.1) is 0 Å². The second kappa shape index (κ2) is 8.15. The molecule has 2 nitrogen and oxygen atoms in total. The Labute approximate surface area is 108 Å². The van der Waals surface area contributed by atoms with Crippen molar-refractivity contribution in [3.05, 3.63) is 41.4 Å². The van der Waals surface area contributed by atoms with E-state index < -0.39 is 0 Å². The molecule has 0 spiro atoms. The SMILES string of the molecule is C=CCCCCCOc1ccc(Cl)cc1CO. The molecule has 17 heavy (non-hydrogen) atoms. The predicted octanol–water partition coefficient (Wildman–Crippen LogP) is 3.96. The molecule has 0 aliphatic heterocycles. The summed E-state index contributed by atoms with van der Waals surface area (Å²) in [6.45, 7) is 4.31. The molecule has 0 fully saturated rings. The zero-order valence-electron chi connectivity index (χ0n) is 9.99. The fourth-order valence-corrected chi connectivity index (χ4v) is 1.76. The molecule has 0 bridgehead atoms. The van der Waals surface area contributed by atoms with Gasteiger partial charge in [0.25, 0.3) is 0 Å². The molecule has 0 aromatic heterocycles. The van der Waals surface area contributed by atoms with Crippen LogP contribution < -0.4 is 4.74 Å². The average molecular weight is 255 g/mol. The Balaban J connectivity index is 2.33. The fraction of sp³-hybridized carbons (Fsp3) is 0.429. The highest BCUT2D eigenvalue weighted by atomic mass is 35.5. The van der Waals surface area contributed by atoms with Crippen molar-refractivity contribution in [2.75, 3.05) is 6.61 Å². The van der Waals surface area contributed by atoms with Crippen molar-refractivity contribution in [2.45, 2.75) is 32.3 Å². The van der Waals surface area contributed by atoms with Crippen LogP contribution in [0.5, 0.6) is 5.75 Å². The first kappa shape index (κ1) is 14.1. The Morgan fingerprint density at radius 1 is 1.29 bits per heavy atom. The third-order valence-electron chi connectivity index (χ3n) is 2.50. The predicted molar refractivity (Wildman–Crippen MR) is 71.5 cm³/mol. The number of halogens is 1. The maximum atomic E-state index is 9.17. The highest BCUT2D eigenvalue weighted by Gasteiger charge is 2.03. The third kappa shape index (κ3) is 5.24. The van der Waals surface area contributed by atoms with Gasteiger partial charge in [-0.05, 0) is 43.9 Å². The monoisotopic (exact) mass is 254 g/mol. The van der Waals surface area contributed by atoms with Gasteiger partial charge in [-0.25, -0.2) is 0 Å². The van der Waals surface area contributed by atoms with E-state index in [1.54, 1.807) is 18.2 Å². The number of hydrogen-bond acceptors (Lipinski definition) is 2. The summed E-state index contributed by atoms with van der Waals surface area (Å²) < 4.78 is 5.62. The molecule has 1 aromatic carbocycles. The number of aliphatic hydroxyl groups excluding tert-OH is 1. The van der Waals surface area contributed by atoms with Gasteiger partial charge in [0.1, 0.15) is 5.75 Å². The van der Waals surface area contributed by atoms with Crippen LogP contribution in [0.15, 0.2) is 30.9 Å². The third-order valence-corrected chi connectivity index (χ3v) is 2.74. The molecule has 94 valence electrons. The van der Waals surface area contributed by atoms with Gasteiger partial charge in [-0.3, -0.25) is 0 Å². The van der Waals surface area contributed by atoms with Crippen LogP contribution in [0.4, 0.5) is 0 Å². The molecule has 0 heterocycles. The van der Waals surface area contributed by atoms with Crippen molar-refractivity contribution in [1.29, 1.82) is 0 Å². The van der Waals surface area contributed by atoms with Crippen molar-refractivity contribution in [1.82, 2.24) is 0 Å². The van der Waals surface area contributed by atoms with Gasteiger partial charge in [-0.1, -0.05) is 17.7 Å². The van der Waals surface area contributed by atoms with E-state index in [4.69, 9.17) is 21.4 Å². The average Bonchev–Trinajstić information content (AvgIpc) is 2.35. The summed E-state index contributed by atoms with van der Waals surface area (Å²) in [7, 11) is 0. The second-order valence-corrected chi connectivity index (χ2v) is 4.33. The number of hydrogen-bond donors (Lipinski definition) is 1. The maximum absolute atomic E-state index is 9.17. The minimum absolute atomic E-state index is 0.0492. The fourth-order valence-electron chi connectivity index (χ4n) is 1.56. The van der Waals surface area contributed by atoms with Gasteiger partial charge in [0.05, 0.1) is 13.2 Å². The van der Waals surface area contributed by atoms with Gasteiger partial charge in [-0.15, -0.1) is 6.58 Å². The Morgan fingerprint density at radius 2 is 2.12 bits per heavy atom. The Hall–Kier alpha value is -0.990. The van der Waals surface area contributed by atoms with Gasteiger partial charge < -0.3 is 9.84 Å². The molecule has 3 heteroatoms. The summed E-state index contributed by atoms with van der Waals surface area (Å²) >= 11 is 5.84. The molecule has 0 amide bonds. The van der Waals surface area contributed by atoms with Crippen molar-refractivity contribution in [3.63, 3.8) is 0 Å². The summed E-state index contributed by atoms with van der Waals surface area (Å²) in [5, 5.41) is 9.78. The van der Waals surface area contributed by atoms with Gasteiger partial charge >= 0.3 is 0 Å². The van der Waals surface area contributed by atoms with E-state index in [9.17, 15) is 0 Å². The van der Waals surface area contributed by atoms with E-state index in [0.29, 0.717) is 11.6 Å². The lowest BCUT2D eigenvalue weighted by Crippen LogP contribution is -2.00. The molecule has 1 aromatic rings. The van der Waals surface area contributed by atoms with Crippen LogP contribution >= 0.6 is 11.6 Å². The van der Waals surface area contributed by atoms with Gasteiger partial charge in [0.15, 0.2) is 0 Å². The molecular weight excluding hydrogens is 236 g/mol. The van der Waals surface area contributed by atoms with E-state index in [1.807, 2.05) is 6.08 Å². The van der Waals surface area contributed by atoms with Crippen LogP contribution in [0.1, 0.15) is 31.2 Å². The molecule has 1 N–H and O–H groups in total. The summed E-state index contributed by atoms with van der Waals surface area (Å²) in [5.41, 5.74) is 0.739. The maximum Gasteiger partial charge on any atom is 0.124 e. The zero-order chi connectivity index (χ0) is 12.5. The molecule has 0 unspecified atom stereocenters. The Bertz CT molecular complexity index is 350. The first-order chi connectivity index (χ1) is 8.27. The molecule has 0 atom stereocenters. The number of ether oxygens (including phenoxy) is 1. The van der Waals surface area contributed by atoms with E-state index >= 15 is 0 Å². The molecule has 1 rings (SSSR count). The first-order valence-corrected chi connectivity index (χ1v) is 6.28. The second-order valence-electron chi connectivity index (χ2n) is 3.90. The molecule has 0 radical (unpaired) electrons. The minimum Gasteiger partial charge on any atom is -0.493 e. The summed E-state index contributed by atoms with van der Waals surface area (Å²) in [6, 6.07) is 5.31. The van der Waals surface area contributed by atoms with E-state index in [1.165, 1.54) is 0 Å². The smallest absolute Gasteiger partial charge is 0.124 e. The number of benzene rings is 1. The highest BCUT2D eigenvalue weighted by Crippen LogP contribution is 2.23. The zero-order valence-corrected chi connectivity index (χ0v) is 10.7. The molecule has 0 saturated heterocycles. The normalized spacial score (nSPS) is 10.2. The van der Waals surface area contributed by atoms with Crippen molar-refractivity contribution >= 4 is 11.6 Å². The van der Waals surface area contributed by atoms with Gasteiger partial charge in [0, 0.05) is 10.6 Å². The standard InChI is InChI=1S/C14H19ClO2/c1-2-3-4-5-6-9-17-14-8-7-13(15)10-12(14)11-16/h2,7-8,10,16H,1,3-6,9,11H2. The summed E-state index contributed by atoms with van der Waals surface area (Å²) in [5.74, 6) is 0.723. The quantitative estimate of drug-likeness (QED) is 0.562. The minimum atomic E-state index is -0.0492. The van der Waals surface area contributed by atoms with Crippen LogP contribution in [0.25, 0.3) is 0 Å². The molecule has 0 aliphatic rings. The number of allylic oxidation sites excluding steroid dienone is 1. The Kier molecular flexibility index (Phi) is 6.75. The lowest BCUT2D eigenvalue weighted by molar-refractivity contribution is 0.260. The van der Waals surface area contributed by atoms with Crippen LogP contribution in [0.2, 0.25) is 5.02 Å². The number of aliphatic hydroxyl groups is 1. The topological polar surface area (TPSA) is 29.5 Å². The van der Waals surface area contributed by atoms with Crippen molar-refractivity contribution in [3.8, 4) is 5.75 Å². The lowest BCUT2D eigenvalue weighted by atomic mass is 10.2. The van der Waals surface area contributed by atoms with Gasteiger partial charge in [-0.2, -0.15) is 0 Å². The molecule has 0 aliphatic carbocycles. The van der Waals surface area contributed by atoms with Crippen LogP contribution in [-0.2, 0) is 6.61 Å². The largest absolute Gasteiger partial charge is 0.493 e. The van der Waals surface area contributed by atoms with Crippen molar-refractivity contribution in [2.24, 2.45) is 0 Å². The Morgan fingerprint density at radius 3 is 2.82 bits per heavy atom.